The molecular formula is C14H8ClI. The van der Waals surface area contributed by atoms with Crippen molar-refractivity contribution in [3.8, 4) is 0 Å². The fraction of sp³-hybridized carbons (Fsp3) is 0. The van der Waals surface area contributed by atoms with Gasteiger partial charge in [-0.3, -0.25) is 0 Å². The average Bonchev–Trinajstić information content (AvgIpc) is 2.29. The Kier molecular flexibility index (Phi) is 2.52. The van der Waals surface area contributed by atoms with Gasteiger partial charge in [-0.25, -0.2) is 0 Å². The van der Waals surface area contributed by atoms with Gasteiger partial charge < -0.3 is 0 Å². The first kappa shape index (κ1) is 10.4. The van der Waals surface area contributed by atoms with Crippen molar-refractivity contribution in [3.63, 3.8) is 0 Å². The average molecular weight is 339 g/mol. The molecule has 0 aliphatic heterocycles. The largest absolute Gasteiger partial charge is 0.0843 e. The van der Waals surface area contributed by atoms with E-state index in [0.717, 1.165) is 5.02 Å². The third-order valence-corrected chi connectivity index (χ3v) is 3.90. The summed E-state index contributed by atoms with van der Waals surface area (Å²) >= 11 is 8.44. The van der Waals surface area contributed by atoms with Gasteiger partial charge in [-0.2, -0.15) is 0 Å². The van der Waals surface area contributed by atoms with Crippen LogP contribution >= 0.6 is 34.2 Å². The van der Waals surface area contributed by atoms with Crippen LogP contribution < -0.4 is 0 Å². The molecule has 0 unspecified atom stereocenters. The number of halogens is 2. The second kappa shape index (κ2) is 3.90. The molecule has 0 heterocycles. The summed E-state index contributed by atoms with van der Waals surface area (Å²) in [6, 6.07) is 16.7. The Morgan fingerprint density at radius 2 is 1.62 bits per heavy atom. The highest BCUT2D eigenvalue weighted by Crippen LogP contribution is 2.31. The van der Waals surface area contributed by atoms with Crippen molar-refractivity contribution in [1.29, 1.82) is 0 Å². The minimum Gasteiger partial charge on any atom is -0.0843 e. The maximum atomic E-state index is 6.07. The van der Waals surface area contributed by atoms with E-state index in [1.807, 2.05) is 12.1 Å². The van der Waals surface area contributed by atoms with E-state index in [4.69, 9.17) is 11.6 Å². The number of hydrogen-bond donors (Lipinski definition) is 0. The van der Waals surface area contributed by atoms with Gasteiger partial charge in [0, 0.05) is 8.59 Å². The monoisotopic (exact) mass is 338 g/mol. The molecule has 0 saturated heterocycles. The zero-order valence-electron chi connectivity index (χ0n) is 8.37. The van der Waals surface area contributed by atoms with Gasteiger partial charge in [-0.15, -0.1) is 0 Å². The van der Waals surface area contributed by atoms with Gasteiger partial charge in [0.1, 0.15) is 0 Å². The summed E-state index contributed by atoms with van der Waals surface area (Å²) in [6.07, 6.45) is 0. The molecular weight excluding hydrogens is 331 g/mol. The lowest BCUT2D eigenvalue weighted by Gasteiger charge is -2.06. The highest BCUT2D eigenvalue weighted by atomic mass is 127. The normalized spacial score (nSPS) is 11.1. The second-order valence-electron chi connectivity index (χ2n) is 3.77. The Hall–Kier alpha value is -0.800. The molecule has 0 spiro atoms. The summed E-state index contributed by atoms with van der Waals surface area (Å²) in [5.74, 6) is 0. The SMILES string of the molecule is Clc1ccc2c(I)cc3ccccc3c2c1. The topological polar surface area (TPSA) is 0 Å². The summed E-state index contributed by atoms with van der Waals surface area (Å²) in [4.78, 5) is 0. The third kappa shape index (κ3) is 1.59. The van der Waals surface area contributed by atoms with Crippen LogP contribution in [-0.2, 0) is 0 Å². The minimum atomic E-state index is 0.791. The molecule has 0 nitrogen and oxygen atoms in total. The summed E-state index contributed by atoms with van der Waals surface area (Å²) in [7, 11) is 0. The maximum absolute atomic E-state index is 6.07. The van der Waals surface area contributed by atoms with Crippen molar-refractivity contribution in [1.82, 2.24) is 0 Å². The van der Waals surface area contributed by atoms with E-state index in [1.165, 1.54) is 25.1 Å². The lowest BCUT2D eigenvalue weighted by atomic mass is 10.0. The summed E-state index contributed by atoms with van der Waals surface area (Å²) in [5.41, 5.74) is 0. The zero-order chi connectivity index (χ0) is 11.1. The van der Waals surface area contributed by atoms with Gasteiger partial charge in [0.25, 0.3) is 0 Å². The molecule has 0 aliphatic carbocycles. The Morgan fingerprint density at radius 1 is 0.812 bits per heavy atom. The predicted octanol–water partition coefficient (Wildman–Crippen LogP) is 5.25. The Bertz CT molecular complexity index is 689. The number of benzene rings is 3. The summed E-state index contributed by atoms with van der Waals surface area (Å²) in [6.45, 7) is 0. The third-order valence-electron chi connectivity index (χ3n) is 2.77. The van der Waals surface area contributed by atoms with E-state index in [1.54, 1.807) is 0 Å². The molecule has 3 aromatic rings. The molecule has 78 valence electrons. The van der Waals surface area contributed by atoms with Gasteiger partial charge >= 0.3 is 0 Å². The van der Waals surface area contributed by atoms with Gasteiger partial charge in [0.2, 0.25) is 0 Å². The van der Waals surface area contributed by atoms with Crippen LogP contribution in [0.4, 0.5) is 0 Å². The molecule has 3 aromatic carbocycles. The number of rotatable bonds is 0. The van der Waals surface area contributed by atoms with Crippen molar-refractivity contribution in [2.24, 2.45) is 0 Å². The van der Waals surface area contributed by atoms with Crippen molar-refractivity contribution >= 4 is 55.7 Å². The van der Waals surface area contributed by atoms with Crippen molar-refractivity contribution in [2.45, 2.75) is 0 Å². The smallest absolute Gasteiger partial charge is 0.0412 e. The number of hydrogen-bond acceptors (Lipinski definition) is 0. The highest BCUT2D eigenvalue weighted by molar-refractivity contribution is 14.1. The van der Waals surface area contributed by atoms with Crippen molar-refractivity contribution in [3.05, 3.63) is 57.1 Å². The first-order valence-corrected chi connectivity index (χ1v) is 6.48. The van der Waals surface area contributed by atoms with Crippen LogP contribution in [0.2, 0.25) is 5.02 Å². The van der Waals surface area contributed by atoms with E-state index < -0.39 is 0 Å². The van der Waals surface area contributed by atoms with Crippen LogP contribution in [0.3, 0.4) is 0 Å². The molecule has 2 heteroatoms. The molecule has 3 rings (SSSR count). The fourth-order valence-electron chi connectivity index (χ4n) is 2.03. The van der Waals surface area contributed by atoms with Crippen molar-refractivity contribution < 1.29 is 0 Å². The predicted molar refractivity (Wildman–Crippen MR) is 79.2 cm³/mol. The van der Waals surface area contributed by atoms with E-state index in [-0.39, 0.29) is 0 Å². The van der Waals surface area contributed by atoms with Crippen LogP contribution in [-0.4, -0.2) is 0 Å². The van der Waals surface area contributed by atoms with Crippen LogP contribution in [0.5, 0.6) is 0 Å². The molecule has 0 saturated carbocycles. The van der Waals surface area contributed by atoms with Crippen LogP contribution in [0, 0.1) is 3.57 Å². The maximum Gasteiger partial charge on any atom is 0.0412 e. The molecule has 0 aliphatic rings. The van der Waals surface area contributed by atoms with E-state index in [9.17, 15) is 0 Å². The van der Waals surface area contributed by atoms with Crippen LogP contribution in [0.1, 0.15) is 0 Å². The van der Waals surface area contributed by atoms with E-state index >= 15 is 0 Å². The van der Waals surface area contributed by atoms with Crippen molar-refractivity contribution in [2.75, 3.05) is 0 Å². The number of fused-ring (bicyclic) bond motifs is 3. The lowest BCUT2D eigenvalue weighted by Crippen LogP contribution is -1.81. The Labute approximate surface area is 112 Å². The molecule has 0 N–H and O–H groups in total. The zero-order valence-corrected chi connectivity index (χ0v) is 11.3. The van der Waals surface area contributed by atoms with Crippen LogP contribution in [0.25, 0.3) is 21.5 Å². The van der Waals surface area contributed by atoms with E-state index in [0.29, 0.717) is 0 Å². The first-order valence-electron chi connectivity index (χ1n) is 5.02. The first-order chi connectivity index (χ1) is 7.75. The van der Waals surface area contributed by atoms with Crippen LogP contribution in [0.15, 0.2) is 48.5 Å². The summed E-state index contributed by atoms with van der Waals surface area (Å²) < 4.78 is 1.27. The van der Waals surface area contributed by atoms with Gasteiger partial charge in [0.15, 0.2) is 0 Å². The van der Waals surface area contributed by atoms with Gasteiger partial charge in [-0.05, 0) is 62.3 Å². The molecule has 0 radical (unpaired) electrons. The molecule has 0 fully saturated rings. The lowest BCUT2D eigenvalue weighted by molar-refractivity contribution is 1.73. The minimum absolute atomic E-state index is 0.791. The standard InChI is InChI=1S/C14H8ClI/c15-10-5-6-12-13(8-10)11-4-2-1-3-9(11)7-14(12)16/h1-8H. The van der Waals surface area contributed by atoms with E-state index in [2.05, 4.69) is 59.0 Å². The Balaban J connectivity index is 2.61. The molecule has 16 heavy (non-hydrogen) atoms. The molecule has 0 bridgehead atoms. The molecule has 0 amide bonds. The fourth-order valence-corrected chi connectivity index (χ4v) is 3.01. The Morgan fingerprint density at radius 3 is 2.50 bits per heavy atom. The summed E-state index contributed by atoms with van der Waals surface area (Å²) in [5, 5.41) is 5.82. The highest BCUT2D eigenvalue weighted by Gasteiger charge is 2.04. The molecule has 0 aromatic heterocycles. The van der Waals surface area contributed by atoms with Gasteiger partial charge in [0.05, 0.1) is 0 Å². The van der Waals surface area contributed by atoms with Gasteiger partial charge in [-0.1, -0.05) is 41.9 Å². The molecule has 0 atom stereocenters. The second-order valence-corrected chi connectivity index (χ2v) is 5.37. The quantitative estimate of drug-likeness (QED) is 0.388.